The van der Waals surface area contributed by atoms with Crippen molar-refractivity contribution in [1.82, 2.24) is 15.4 Å². The van der Waals surface area contributed by atoms with Crippen LogP contribution in [0.15, 0.2) is 29.2 Å². The molecule has 1 saturated heterocycles. The van der Waals surface area contributed by atoms with Gasteiger partial charge in [0.1, 0.15) is 0 Å². The predicted octanol–water partition coefficient (Wildman–Crippen LogP) is 1.12. The molecule has 0 spiro atoms. The minimum absolute atomic E-state index is 0.0127. The topological polar surface area (TPSA) is 87.3 Å². The number of carbonyl (C=O) groups is 1. The zero-order chi connectivity index (χ0) is 17.0. The minimum atomic E-state index is -3.76. The van der Waals surface area contributed by atoms with Gasteiger partial charge < -0.3 is 10.6 Å². The minimum Gasteiger partial charge on any atom is -0.350 e. The normalized spacial score (nSPS) is 23.3. The van der Waals surface area contributed by atoms with Gasteiger partial charge >= 0.3 is 0 Å². The highest BCUT2D eigenvalue weighted by Gasteiger charge is 2.27. The Hall–Kier alpha value is -1.15. The zero-order valence-electron chi connectivity index (χ0n) is 13.2. The molecule has 3 atom stereocenters. The highest BCUT2D eigenvalue weighted by atomic mass is 35.5. The first-order valence-electron chi connectivity index (χ1n) is 7.58. The van der Waals surface area contributed by atoms with Gasteiger partial charge in [-0.05, 0) is 50.1 Å². The third-order valence-corrected chi connectivity index (χ3v) is 5.81. The Labute approximate surface area is 142 Å². The van der Waals surface area contributed by atoms with Gasteiger partial charge in [0.2, 0.25) is 15.9 Å². The maximum absolute atomic E-state index is 12.3. The van der Waals surface area contributed by atoms with E-state index >= 15 is 0 Å². The van der Waals surface area contributed by atoms with Crippen molar-refractivity contribution in [3.05, 3.63) is 29.3 Å². The van der Waals surface area contributed by atoms with Gasteiger partial charge in [0, 0.05) is 17.6 Å². The van der Waals surface area contributed by atoms with Gasteiger partial charge in [-0.1, -0.05) is 18.5 Å². The number of hydrogen-bond acceptors (Lipinski definition) is 4. The average Bonchev–Trinajstić information content (AvgIpc) is 2.49. The molecule has 3 unspecified atom stereocenters. The predicted molar refractivity (Wildman–Crippen MR) is 89.8 cm³/mol. The van der Waals surface area contributed by atoms with E-state index in [9.17, 15) is 13.2 Å². The van der Waals surface area contributed by atoms with Crippen molar-refractivity contribution >= 4 is 27.5 Å². The average molecular weight is 360 g/mol. The molecular formula is C15H22ClN3O3S. The third-order valence-electron chi connectivity index (χ3n) is 4.00. The molecule has 6 nitrogen and oxygen atoms in total. The molecule has 1 amide bonds. The van der Waals surface area contributed by atoms with Crippen LogP contribution in [-0.4, -0.2) is 39.5 Å². The monoisotopic (exact) mass is 359 g/mol. The SMILES string of the molecule is CC(NS(=O)(=O)c1ccc(Cl)cc1)C(=O)NC1CNCCC1C. The summed E-state index contributed by atoms with van der Waals surface area (Å²) in [5, 5.41) is 6.58. The van der Waals surface area contributed by atoms with Crippen LogP contribution in [0.25, 0.3) is 0 Å². The highest BCUT2D eigenvalue weighted by molar-refractivity contribution is 7.89. The van der Waals surface area contributed by atoms with E-state index in [4.69, 9.17) is 11.6 Å². The fourth-order valence-electron chi connectivity index (χ4n) is 2.46. The molecular weight excluding hydrogens is 338 g/mol. The van der Waals surface area contributed by atoms with Crippen LogP contribution < -0.4 is 15.4 Å². The second kappa shape index (κ2) is 7.61. The van der Waals surface area contributed by atoms with E-state index in [0.717, 1.165) is 13.0 Å². The molecule has 3 N–H and O–H groups in total. The van der Waals surface area contributed by atoms with Crippen molar-refractivity contribution in [2.45, 2.75) is 37.2 Å². The van der Waals surface area contributed by atoms with Crippen molar-refractivity contribution in [3.63, 3.8) is 0 Å². The summed E-state index contributed by atoms with van der Waals surface area (Å²) in [5.41, 5.74) is 0. The van der Waals surface area contributed by atoms with Crippen LogP contribution in [0.4, 0.5) is 0 Å². The molecule has 0 aromatic heterocycles. The second-order valence-corrected chi connectivity index (χ2v) is 8.03. The van der Waals surface area contributed by atoms with Gasteiger partial charge in [0.25, 0.3) is 0 Å². The van der Waals surface area contributed by atoms with E-state index in [2.05, 4.69) is 22.3 Å². The van der Waals surface area contributed by atoms with E-state index in [1.807, 2.05) is 0 Å². The molecule has 1 heterocycles. The van der Waals surface area contributed by atoms with Crippen LogP contribution in [-0.2, 0) is 14.8 Å². The van der Waals surface area contributed by atoms with Crippen LogP contribution >= 0.6 is 11.6 Å². The number of nitrogens with one attached hydrogen (secondary N) is 3. The van der Waals surface area contributed by atoms with Crippen molar-refractivity contribution in [1.29, 1.82) is 0 Å². The summed E-state index contributed by atoms with van der Waals surface area (Å²) in [6, 6.07) is 4.96. The summed E-state index contributed by atoms with van der Waals surface area (Å²) in [4.78, 5) is 12.3. The van der Waals surface area contributed by atoms with Gasteiger partial charge in [-0.3, -0.25) is 4.79 Å². The maximum atomic E-state index is 12.3. The van der Waals surface area contributed by atoms with Gasteiger partial charge in [-0.25, -0.2) is 8.42 Å². The van der Waals surface area contributed by atoms with Crippen molar-refractivity contribution in [2.75, 3.05) is 13.1 Å². The lowest BCUT2D eigenvalue weighted by atomic mass is 9.94. The Balaban J connectivity index is 1.98. The summed E-state index contributed by atoms with van der Waals surface area (Å²) in [5.74, 6) is 0.0309. The Morgan fingerprint density at radius 2 is 2.00 bits per heavy atom. The Kier molecular flexibility index (Phi) is 6.02. The molecule has 1 aromatic rings. The van der Waals surface area contributed by atoms with E-state index in [-0.39, 0.29) is 16.8 Å². The largest absolute Gasteiger partial charge is 0.350 e. The Morgan fingerprint density at radius 1 is 1.35 bits per heavy atom. The number of amides is 1. The summed E-state index contributed by atoms with van der Waals surface area (Å²) in [6.45, 7) is 5.24. The van der Waals surface area contributed by atoms with Crippen LogP contribution in [0.3, 0.4) is 0 Å². The standard InChI is InChI=1S/C15H22ClN3O3S/c1-10-7-8-17-9-14(10)18-15(20)11(2)19-23(21,22)13-5-3-12(16)4-6-13/h3-6,10-11,14,17,19H,7-9H2,1-2H3,(H,18,20). The summed E-state index contributed by atoms with van der Waals surface area (Å²) in [6.07, 6.45) is 0.982. The first-order valence-corrected chi connectivity index (χ1v) is 9.44. The molecule has 0 aliphatic carbocycles. The zero-order valence-corrected chi connectivity index (χ0v) is 14.7. The molecule has 1 fully saturated rings. The molecule has 128 valence electrons. The number of hydrogen-bond donors (Lipinski definition) is 3. The quantitative estimate of drug-likeness (QED) is 0.735. The molecule has 2 rings (SSSR count). The summed E-state index contributed by atoms with van der Waals surface area (Å²) in [7, 11) is -3.76. The molecule has 1 aliphatic rings. The summed E-state index contributed by atoms with van der Waals surface area (Å²) >= 11 is 5.75. The molecule has 0 bridgehead atoms. The van der Waals surface area contributed by atoms with E-state index < -0.39 is 16.1 Å². The second-order valence-electron chi connectivity index (χ2n) is 5.88. The first kappa shape index (κ1) is 18.2. The van der Waals surface area contributed by atoms with Gasteiger partial charge in [-0.2, -0.15) is 4.72 Å². The van der Waals surface area contributed by atoms with Crippen LogP contribution in [0.1, 0.15) is 20.3 Å². The fourth-order valence-corrected chi connectivity index (χ4v) is 3.79. The van der Waals surface area contributed by atoms with E-state index in [1.165, 1.54) is 31.2 Å². The maximum Gasteiger partial charge on any atom is 0.241 e. The van der Waals surface area contributed by atoms with Gasteiger partial charge in [-0.15, -0.1) is 0 Å². The van der Waals surface area contributed by atoms with Crippen molar-refractivity contribution < 1.29 is 13.2 Å². The number of sulfonamides is 1. The molecule has 1 aromatic carbocycles. The lowest BCUT2D eigenvalue weighted by Crippen LogP contribution is -2.54. The lowest BCUT2D eigenvalue weighted by Gasteiger charge is -2.31. The lowest BCUT2D eigenvalue weighted by molar-refractivity contribution is -0.123. The molecule has 1 aliphatic heterocycles. The van der Waals surface area contributed by atoms with Crippen molar-refractivity contribution in [3.8, 4) is 0 Å². The molecule has 8 heteroatoms. The Bertz CT molecular complexity index is 648. The van der Waals surface area contributed by atoms with Crippen molar-refractivity contribution in [2.24, 2.45) is 5.92 Å². The highest BCUT2D eigenvalue weighted by Crippen LogP contribution is 2.15. The number of halogens is 1. The molecule has 0 radical (unpaired) electrons. The number of rotatable bonds is 5. The third kappa shape index (κ3) is 4.91. The smallest absolute Gasteiger partial charge is 0.241 e. The van der Waals surface area contributed by atoms with E-state index in [1.54, 1.807) is 0 Å². The number of benzene rings is 1. The van der Waals surface area contributed by atoms with Crippen LogP contribution in [0.5, 0.6) is 0 Å². The Morgan fingerprint density at radius 3 is 2.61 bits per heavy atom. The summed E-state index contributed by atoms with van der Waals surface area (Å²) < 4.78 is 26.9. The van der Waals surface area contributed by atoms with Gasteiger partial charge in [0.05, 0.1) is 10.9 Å². The molecule has 23 heavy (non-hydrogen) atoms. The number of piperidine rings is 1. The first-order chi connectivity index (χ1) is 10.8. The van der Waals surface area contributed by atoms with Crippen LogP contribution in [0, 0.1) is 5.92 Å². The van der Waals surface area contributed by atoms with Crippen LogP contribution in [0.2, 0.25) is 5.02 Å². The fraction of sp³-hybridized carbons (Fsp3) is 0.533. The van der Waals surface area contributed by atoms with Gasteiger partial charge in [0.15, 0.2) is 0 Å². The molecule has 0 saturated carbocycles. The van der Waals surface area contributed by atoms with E-state index in [0.29, 0.717) is 17.5 Å². The number of carbonyl (C=O) groups excluding carboxylic acids is 1.